The van der Waals surface area contributed by atoms with Gasteiger partial charge >= 0.3 is 0 Å². The van der Waals surface area contributed by atoms with Gasteiger partial charge in [-0.25, -0.2) is 4.98 Å². The maximum absolute atomic E-state index is 11.7. The summed E-state index contributed by atoms with van der Waals surface area (Å²) >= 11 is 1.54. The Hall–Kier alpha value is -2.86. The highest BCUT2D eigenvalue weighted by molar-refractivity contribution is 7.14. The molecule has 5 nitrogen and oxygen atoms in total. The average molecular weight is 367 g/mol. The Morgan fingerprint density at radius 2 is 1.69 bits per heavy atom. The Labute approximate surface area is 157 Å². The van der Waals surface area contributed by atoms with Crippen molar-refractivity contribution >= 4 is 33.8 Å². The van der Waals surface area contributed by atoms with E-state index >= 15 is 0 Å². The van der Waals surface area contributed by atoms with Crippen molar-refractivity contribution < 1.29 is 9.53 Å². The first kappa shape index (κ1) is 17.9. The van der Waals surface area contributed by atoms with E-state index in [1.54, 1.807) is 18.4 Å². The zero-order valence-electron chi connectivity index (χ0n) is 14.9. The molecule has 0 aliphatic rings. The van der Waals surface area contributed by atoms with Crippen molar-refractivity contribution in [1.82, 2.24) is 4.98 Å². The van der Waals surface area contributed by atoms with Gasteiger partial charge in [-0.2, -0.15) is 0 Å². The van der Waals surface area contributed by atoms with Crippen LogP contribution in [0.3, 0.4) is 0 Å². The van der Waals surface area contributed by atoms with Crippen LogP contribution in [0.2, 0.25) is 0 Å². The Morgan fingerprint density at radius 1 is 1.04 bits per heavy atom. The monoisotopic (exact) mass is 367 g/mol. The number of benzene rings is 2. The van der Waals surface area contributed by atoms with E-state index in [0.29, 0.717) is 0 Å². The van der Waals surface area contributed by atoms with Crippen LogP contribution in [0.25, 0.3) is 11.3 Å². The fourth-order valence-corrected chi connectivity index (χ4v) is 3.01. The molecule has 0 saturated heterocycles. The van der Waals surface area contributed by atoms with Crippen LogP contribution >= 0.6 is 11.3 Å². The molecule has 0 atom stereocenters. The van der Waals surface area contributed by atoms with Crippen LogP contribution in [-0.2, 0) is 4.79 Å². The number of ether oxygens (including phenoxy) is 1. The summed E-state index contributed by atoms with van der Waals surface area (Å²) in [6, 6.07) is 15.4. The molecule has 0 unspecified atom stereocenters. The molecular formula is C20H21N3O2S. The Kier molecular flexibility index (Phi) is 5.53. The first-order valence-corrected chi connectivity index (χ1v) is 9.21. The summed E-state index contributed by atoms with van der Waals surface area (Å²) in [4.78, 5) is 16.4. The van der Waals surface area contributed by atoms with Crippen molar-refractivity contribution in [3.8, 4) is 17.0 Å². The zero-order chi connectivity index (χ0) is 18.5. The van der Waals surface area contributed by atoms with Crippen LogP contribution in [0.5, 0.6) is 5.75 Å². The van der Waals surface area contributed by atoms with Gasteiger partial charge in [0.1, 0.15) is 5.75 Å². The first-order chi connectivity index (χ1) is 12.5. The minimum absolute atomic E-state index is 0.0115. The highest BCUT2D eigenvalue weighted by Gasteiger charge is 2.08. The second kappa shape index (κ2) is 8.01. The molecular weight excluding hydrogens is 346 g/mol. The predicted molar refractivity (Wildman–Crippen MR) is 107 cm³/mol. The van der Waals surface area contributed by atoms with Gasteiger partial charge in [-0.3, -0.25) is 4.79 Å². The van der Waals surface area contributed by atoms with Gasteiger partial charge in [0.15, 0.2) is 5.13 Å². The summed E-state index contributed by atoms with van der Waals surface area (Å²) in [7, 11) is 1.65. The topological polar surface area (TPSA) is 63.2 Å². The summed E-state index contributed by atoms with van der Waals surface area (Å²) in [6.07, 6.45) is 0. The largest absolute Gasteiger partial charge is 0.497 e. The van der Waals surface area contributed by atoms with Crippen molar-refractivity contribution in [2.75, 3.05) is 17.7 Å². The number of nitrogens with one attached hydrogen (secondary N) is 2. The smallest absolute Gasteiger partial charge is 0.226 e. The van der Waals surface area contributed by atoms with Gasteiger partial charge in [0.2, 0.25) is 5.91 Å². The van der Waals surface area contributed by atoms with Crippen molar-refractivity contribution in [2.24, 2.45) is 5.92 Å². The molecule has 26 heavy (non-hydrogen) atoms. The number of rotatable bonds is 6. The molecule has 0 aliphatic heterocycles. The second-order valence-electron chi connectivity index (χ2n) is 6.11. The van der Waals surface area contributed by atoms with Gasteiger partial charge in [0.05, 0.1) is 12.8 Å². The van der Waals surface area contributed by atoms with Crippen molar-refractivity contribution in [2.45, 2.75) is 13.8 Å². The standard InChI is InChI=1S/C20H21N3O2S/c1-13(2)19(24)21-15-6-4-14(5-7-15)18-12-26-20(23-18)22-16-8-10-17(25-3)11-9-16/h4-13H,1-3H3,(H,21,24)(H,22,23). The number of methoxy groups -OCH3 is 1. The summed E-state index contributed by atoms with van der Waals surface area (Å²) in [6.45, 7) is 3.74. The Bertz CT molecular complexity index is 871. The van der Waals surface area contributed by atoms with Gasteiger partial charge in [-0.1, -0.05) is 26.0 Å². The third-order valence-corrected chi connectivity index (χ3v) is 4.58. The summed E-state index contributed by atoms with van der Waals surface area (Å²) in [5.74, 6) is 0.789. The molecule has 3 rings (SSSR count). The van der Waals surface area contributed by atoms with E-state index in [1.165, 1.54) is 0 Å². The predicted octanol–water partition coefficient (Wildman–Crippen LogP) is 5.16. The van der Waals surface area contributed by atoms with Gasteiger partial charge in [-0.05, 0) is 36.4 Å². The quantitative estimate of drug-likeness (QED) is 0.632. The van der Waals surface area contributed by atoms with Crippen molar-refractivity contribution in [3.63, 3.8) is 0 Å². The highest BCUT2D eigenvalue weighted by Crippen LogP contribution is 2.28. The average Bonchev–Trinajstić information content (AvgIpc) is 3.11. The van der Waals surface area contributed by atoms with E-state index in [-0.39, 0.29) is 11.8 Å². The molecule has 2 aromatic carbocycles. The number of amides is 1. The summed E-state index contributed by atoms with van der Waals surface area (Å²) in [5, 5.41) is 9.01. The van der Waals surface area contributed by atoms with Gasteiger partial charge in [0, 0.05) is 28.2 Å². The molecule has 3 aromatic rings. The van der Waals surface area contributed by atoms with E-state index < -0.39 is 0 Å². The van der Waals surface area contributed by atoms with Crippen molar-refractivity contribution in [1.29, 1.82) is 0 Å². The third kappa shape index (κ3) is 4.40. The fourth-order valence-electron chi connectivity index (χ4n) is 2.27. The second-order valence-corrected chi connectivity index (χ2v) is 6.97. The lowest BCUT2D eigenvalue weighted by molar-refractivity contribution is -0.118. The molecule has 1 aromatic heterocycles. The molecule has 0 saturated carbocycles. The van der Waals surface area contributed by atoms with Crippen LogP contribution in [-0.4, -0.2) is 18.0 Å². The highest BCUT2D eigenvalue weighted by atomic mass is 32.1. The van der Waals surface area contributed by atoms with Crippen LogP contribution in [0.1, 0.15) is 13.8 Å². The lowest BCUT2D eigenvalue weighted by atomic mass is 10.1. The maximum Gasteiger partial charge on any atom is 0.226 e. The van der Waals surface area contributed by atoms with Gasteiger partial charge < -0.3 is 15.4 Å². The lowest BCUT2D eigenvalue weighted by Gasteiger charge is -2.08. The number of thiazole rings is 1. The number of anilines is 3. The van der Waals surface area contributed by atoms with E-state index in [9.17, 15) is 4.79 Å². The minimum Gasteiger partial charge on any atom is -0.497 e. The molecule has 0 aliphatic carbocycles. The van der Waals surface area contributed by atoms with Crippen molar-refractivity contribution in [3.05, 3.63) is 53.9 Å². The number of carbonyl (C=O) groups is 1. The van der Waals surface area contributed by atoms with Crippen LogP contribution in [0.15, 0.2) is 53.9 Å². The van der Waals surface area contributed by atoms with Gasteiger partial charge in [0.25, 0.3) is 0 Å². The third-order valence-electron chi connectivity index (χ3n) is 3.82. The van der Waals surface area contributed by atoms with E-state index in [4.69, 9.17) is 4.74 Å². The number of hydrogen-bond donors (Lipinski definition) is 2. The van der Waals surface area contributed by atoms with Gasteiger partial charge in [-0.15, -0.1) is 11.3 Å². The molecule has 0 bridgehead atoms. The summed E-state index contributed by atoms with van der Waals surface area (Å²) in [5.41, 5.74) is 3.65. The fraction of sp³-hybridized carbons (Fsp3) is 0.200. The molecule has 2 N–H and O–H groups in total. The number of carbonyl (C=O) groups excluding carboxylic acids is 1. The van der Waals surface area contributed by atoms with Crippen LogP contribution < -0.4 is 15.4 Å². The zero-order valence-corrected chi connectivity index (χ0v) is 15.8. The molecule has 1 amide bonds. The normalized spacial score (nSPS) is 10.6. The Balaban J connectivity index is 1.67. The van der Waals surface area contributed by atoms with Crippen LogP contribution in [0, 0.1) is 5.92 Å². The van der Waals surface area contributed by atoms with E-state index in [2.05, 4.69) is 15.6 Å². The first-order valence-electron chi connectivity index (χ1n) is 8.33. The maximum atomic E-state index is 11.7. The number of hydrogen-bond acceptors (Lipinski definition) is 5. The van der Waals surface area contributed by atoms with E-state index in [0.717, 1.165) is 33.5 Å². The van der Waals surface area contributed by atoms with E-state index in [1.807, 2.05) is 67.8 Å². The minimum atomic E-state index is -0.0418. The number of aromatic nitrogens is 1. The molecule has 6 heteroatoms. The SMILES string of the molecule is COc1ccc(Nc2nc(-c3ccc(NC(=O)C(C)C)cc3)cs2)cc1. The molecule has 0 spiro atoms. The molecule has 0 radical (unpaired) electrons. The molecule has 134 valence electrons. The lowest BCUT2D eigenvalue weighted by Crippen LogP contribution is -2.17. The number of nitrogens with zero attached hydrogens (tertiary/aromatic N) is 1. The molecule has 1 heterocycles. The molecule has 0 fully saturated rings. The van der Waals surface area contributed by atoms with Crippen LogP contribution in [0.4, 0.5) is 16.5 Å². The Morgan fingerprint density at radius 3 is 2.31 bits per heavy atom. The summed E-state index contributed by atoms with van der Waals surface area (Å²) < 4.78 is 5.16.